The lowest BCUT2D eigenvalue weighted by molar-refractivity contribution is -0.140. The van der Waals surface area contributed by atoms with Gasteiger partial charge in [0, 0.05) is 11.4 Å². The van der Waals surface area contributed by atoms with E-state index in [1.807, 2.05) is 0 Å². The van der Waals surface area contributed by atoms with Gasteiger partial charge >= 0.3 is 5.97 Å². The molecule has 82 valence electrons. The molecule has 0 unspecified atom stereocenters. The first kappa shape index (κ1) is 12.0. The predicted octanol–water partition coefficient (Wildman–Crippen LogP) is 2.89. The standard InChI is InChI=1S/C11H12ClFO2/c1-7-5-9(12)8(6-10(7)13)3-4-11(14)15-2/h5-6H,3-4H2,1-2H3. The van der Waals surface area contributed by atoms with E-state index < -0.39 is 0 Å². The van der Waals surface area contributed by atoms with Gasteiger partial charge in [0.05, 0.1) is 7.11 Å². The maximum atomic E-state index is 13.2. The van der Waals surface area contributed by atoms with Crippen LogP contribution in [0, 0.1) is 12.7 Å². The zero-order chi connectivity index (χ0) is 11.4. The molecule has 0 amide bonds. The lowest BCUT2D eigenvalue weighted by Gasteiger charge is -2.05. The van der Waals surface area contributed by atoms with Crippen LogP contribution in [0.15, 0.2) is 12.1 Å². The fourth-order valence-corrected chi connectivity index (χ4v) is 1.53. The molecule has 0 aliphatic rings. The van der Waals surface area contributed by atoms with Gasteiger partial charge in [-0.3, -0.25) is 4.79 Å². The zero-order valence-corrected chi connectivity index (χ0v) is 9.40. The normalized spacial score (nSPS) is 10.1. The van der Waals surface area contributed by atoms with Crippen LogP contribution < -0.4 is 0 Å². The summed E-state index contributed by atoms with van der Waals surface area (Å²) in [6.45, 7) is 1.64. The van der Waals surface area contributed by atoms with Crippen molar-refractivity contribution in [2.24, 2.45) is 0 Å². The molecular weight excluding hydrogens is 219 g/mol. The molecule has 1 aromatic rings. The number of carbonyl (C=O) groups is 1. The molecular formula is C11H12ClFO2. The zero-order valence-electron chi connectivity index (χ0n) is 8.64. The second-order valence-electron chi connectivity index (χ2n) is 3.27. The number of benzene rings is 1. The lowest BCUT2D eigenvalue weighted by atomic mass is 10.1. The molecule has 2 nitrogen and oxygen atoms in total. The van der Waals surface area contributed by atoms with Gasteiger partial charge in [0.2, 0.25) is 0 Å². The van der Waals surface area contributed by atoms with E-state index in [0.717, 1.165) is 0 Å². The van der Waals surface area contributed by atoms with Crippen molar-refractivity contribution in [1.82, 2.24) is 0 Å². The fraction of sp³-hybridized carbons (Fsp3) is 0.364. The van der Waals surface area contributed by atoms with Crippen LogP contribution in [0.4, 0.5) is 4.39 Å². The Morgan fingerprint density at radius 2 is 2.20 bits per heavy atom. The molecule has 0 aliphatic heterocycles. The minimum atomic E-state index is -0.327. The number of carbonyl (C=O) groups excluding carboxylic acids is 1. The van der Waals surface area contributed by atoms with Gasteiger partial charge in [-0.25, -0.2) is 4.39 Å². The SMILES string of the molecule is COC(=O)CCc1cc(F)c(C)cc1Cl. The summed E-state index contributed by atoms with van der Waals surface area (Å²) in [6.07, 6.45) is 0.599. The highest BCUT2D eigenvalue weighted by molar-refractivity contribution is 6.31. The minimum absolute atomic E-state index is 0.207. The maximum absolute atomic E-state index is 13.2. The third-order valence-electron chi connectivity index (χ3n) is 2.15. The van der Waals surface area contributed by atoms with E-state index in [1.165, 1.54) is 13.2 Å². The first-order valence-electron chi connectivity index (χ1n) is 4.56. The van der Waals surface area contributed by atoms with Gasteiger partial charge in [0.1, 0.15) is 5.82 Å². The van der Waals surface area contributed by atoms with Crippen LogP contribution in [0.5, 0.6) is 0 Å². The summed E-state index contributed by atoms with van der Waals surface area (Å²) in [4.78, 5) is 10.9. The van der Waals surface area contributed by atoms with Gasteiger partial charge in [-0.05, 0) is 36.6 Å². The summed E-state index contributed by atoms with van der Waals surface area (Å²) in [5, 5.41) is 0.484. The molecule has 0 aliphatic carbocycles. The molecule has 0 saturated heterocycles. The Hall–Kier alpha value is -1.09. The largest absolute Gasteiger partial charge is 0.469 e. The smallest absolute Gasteiger partial charge is 0.305 e. The minimum Gasteiger partial charge on any atom is -0.469 e. The molecule has 1 aromatic carbocycles. The lowest BCUT2D eigenvalue weighted by Crippen LogP contribution is -2.02. The van der Waals surface area contributed by atoms with Crippen molar-refractivity contribution in [1.29, 1.82) is 0 Å². The van der Waals surface area contributed by atoms with Gasteiger partial charge in [0.25, 0.3) is 0 Å². The summed E-state index contributed by atoms with van der Waals surface area (Å²) in [6, 6.07) is 2.92. The van der Waals surface area contributed by atoms with E-state index in [2.05, 4.69) is 4.74 Å². The number of methoxy groups -OCH3 is 1. The average Bonchev–Trinajstić information content (AvgIpc) is 2.21. The number of esters is 1. The van der Waals surface area contributed by atoms with Crippen LogP contribution in [0.3, 0.4) is 0 Å². The van der Waals surface area contributed by atoms with Gasteiger partial charge in [-0.15, -0.1) is 0 Å². The molecule has 0 radical (unpaired) electrons. The van der Waals surface area contributed by atoms with E-state index in [1.54, 1.807) is 13.0 Å². The Kier molecular flexibility index (Phi) is 4.09. The number of halogens is 2. The van der Waals surface area contributed by atoms with Crippen molar-refractivity contribution < 1.29 is 13.9 Å². The molecule has 0 spiro atoms. The topological polar surface area (TPSA) is 26.3 Å². The van der Waals surface area contributed by atoms with Gasteiger partial charge in [0.15, 0.2) is 0 Å². The second kappa shape index (κ2) is 5.12. The first-order chi connectivity index (χ1) is 7.04. The molecule has 0 aromatic heterocycles. The summed E-state index contributed by atoms with van der Waals surface area (Å²) >= 11 is 5.91. The Morgan fingerprint density at radius 1 is 1.53 bits per heavy atom. The van der Waals surface area contributed by atoms with Crippen molar-refractivity contribution in [2.75, 3.05) is 7.11 Å². The third kappa shape index (κ3) is 3.20. The van der Waals surface area contributed by atoms with Crippen molar-refractivity contribution in [3.8, 4) is 0 Å². The molecule has 4 heteroatoms. The average molecular weight is 231 g/mol. The quantitative estimate of drug-likeness (QED) is 0.747. The first-order valence-corrected chi connectivity index (χ1v) is 4.93. The van der Waals surface area contributed by atoms with E-state index in [-0.39, 0.29) is 18.2 Å². The van der Waals surface area contributed by atoms with Crippen molar-refractivity contribution in [3.05, 3.63) is 34.1 Å². The van der Waals surface area contributed by atoms with Crippen LogP contribution in [-0.2, 0) is 16.0 Å². The number of aryl methyl sites for hydroxylation is 2. The van der Waals surface area contributed by atoms with Gasteiger partial charge < -0.3 is 4.74 Å². The van der Waals surface area contributed by atoms with Gasteiger partial charge in [-0.2, -0.15) is 0 Å². The Labute approximate surface area is 93.0 Å². The number of ether oxygens (including phenoxy) is 1. The van der Waals surface area contributed by atoms with Crippen molar-refractivity contribution >= 4 is 17.6 Å². The molecule has 0 saturated carbocycles. The van der Waals surface area contributed by atoms with Crippen LogP contribution in [0.1, 0.15) is 17.5 Å². The maximum Gasteiger partial charge on any atom is 0.305 e. The fourth-order valence-electron chi connectivity index (χ4n) is 1.22. The highest BCUT2D eigenvalue weighted by Gasteiger charge is 2.08. The predicted molar refractivity (Wildman–Crippen MR) is 56.5 cm³/mol. The monoisotopic (exact) mass is 230 g/mol. The Morgan fingerprint density at radius 3 is 2.80 bits per heavy atom. The highest BCUT2D eigenvalue weighted by Crippen LogP contribution is 2.21. The Bertz CT molecular complexity index is 377. The highest BCUT2D eigenvalue weighted by atomic mass is 35.5. The molecule has 1 rings (SSSR count). The molecule has 0 bridgehead atoms. The molecule has 0 N–H and O–H groups in total. The summed E-state index contributed by atoms with van der Waals surface area (Å²) in [5.74, 6) is -0.633. The van der Waals surface area contributed by atoms with Crippen LogP contribution in [0.2, 0.25) is 5.02 Å². The van der Waals surface area contributed by atoms with Crippen LogP contribution >= 0.6 is 11.6 Å². The second-order valence-corrected chi connectivity index (χ2v) is 3.68. The molecule has 0 fully saturated rings. The van der Waals surface area contributed by atoms with E-state index in [4.69, 9.17) is 11.6 Å². The van der Waals surface area contributed by atoms with Crippen molar-refractivity contribution in [3.63, 3.8) is 0 Å². The summed E-state index contributed by atoms with van der Waals surface area (Å²) in [5.41, 5.74) is 1.13. The Balaban J connectivity index is 2.77. The number of hydrogen-bond donors (Lipinski definition) is 0. The molecule has 15 heavy (non-hydrogen) atoms. The third-order valence-corrected chi connectivity index (χ3v) is 2.51. The van der Waals surface area contributed by atoms with E-state index in [9.17, 15) is 9.18 Å². The van der Waals surface area contributed by atoms with Gasteiger partial charge in [-0.1, -0.05) is 11.6 Å². The van der Waals surface area contributed by atoms with Crippen LogP contribution in [0.25, 0.3) is 0 Å². The summed E-state index contributed by atoms with van der Waals surface area (Å²) in [7, 11) is 1.32. The summed E-state index contributed by atoms with van der Waals surface area (Å²) < 4.78 is 17.7. The van der Waals surface area contributed by atoms with Crippen LogP contribution in [-0.4, -0.2) is 13.1 Å². The van der Waals surface area contributed by atoms with Crippen molar-refractivity contribution in [2.45, 2.75) is 19.8 Å². The van der Waals surface area contributed by atoms with E-state index >= 15 is 0 Å². The van der Waals surface area contributed by atoms with E-state index in [0.29, 0.717) is 22.6 Å². The molecule has 0 atom stereocenters. The number of hydrogen-bond acceptors (Lipinski definition) is 2. The number of rotatable bonds is 3. The molecule has 0 heterocycles.